The number of aryl methyl sites for hydroxylation is 2. The van der Waals surface area contributed by atoms with Gasteiger partial charge >= 0.3 is 0 Å². The zero-order valence-electron chi connectivity index (χ0n) is 16.1. The number of aromatic nitrogens is 2. The molecule has 0 amide bonds. The number of nitrogens with one attached hydrogen (secondary N) is 2. The molecule has 0 saturated carbocycles. The molecule has 0 aliphatic rings. The molecule has 0 fully saturated rings. The lowest BCUT2D eigenvalue weighted by atomic mass is 10.3. The van der Waals surface area contributed by atoms with E-state index in [1.807, 2.05) is 32.9 Å². The van der Waals surface area contributed by atoms with E-state index in [0.717, 1.165) is 36.4 Å². The van der Waals surface area contributed by atoms with Crippen LogP contribution in [0.5, 0.6) is 5.88 Å². The summed E-state index contributed by atoms with van der Waals surface area (Å²) in [5, 5.41) is 6.47. The number of aliphatic imine (C=N–C) groups is 1. The summed E-state index contributed by atoms with van der Waals surface area (Å²) in [6.45, 7) is 10.4. The third-order valence-electron chi connectivity index (χ3n) is 3.82. The first-order valence-electron chi connectivity index (χ1n) is 9.15. The van der Waals surface area contributed by atoms with Gasteiger partial charge in [-0.1, -0.05) is 19.4 Å². The molecule has 7 heteroatoms. The largest absolute Gasteiger partial charge is 0.477 e. The molecule has 26 heavy (non-hydrogen) atoms. The fraction of sp³-hybridized carbons (Fsp3) is 0.526. The molecule has 2 rings (SSSR count). The Morgan fingerprint density at radius 2 is 2.12 bits per heavy atom. The van der Waals surface area contributed by atoms with Gasteiger partial charge in [0.25, 0.3) is 0 Å². The molecule has 2 N–H and O–H groups in total. The van der Waals surface area contributed by atoms with E-state index < -0.39 is 0 Å². The highest BCUT2D eigenvalue weighted by atomic mass is 16.5. The highest BCUT2D eigenvalue weighted by Crippen LogP contribution is 2.16. The van der Waals surface area contributed by atoms with Gasteiger partial charge in [0.1, 0.15) is 5.76 Å². The minimum atomic E-state index is 0.480. The van der Waals surface area contributed by atoms with Crippen LogP contribution in [-0.4, -0.2) is 29.1 Å². The summed E-state index contributed by atoms with van der Waals surface area (Å²) < 4.78 is 11.4. The van der Waals surface area contributed by atoms with Gasteiger partial charge in [-0.2, -0.15) is 0 Å². The summed E-state index contributed by atoms with van der Waals surface area (Å²) in [6, 6.07) is 3.89. The molecule has 0 atom stereocenters. The van der Waals surface area contributed by atoms with Crippen LogP contribution in [0.15, 0.2) is 27.7 Å². The molecule has 7 nitrogen and oxygen atoms in total. The fourth-order valence-electron chi connectivity index (χ4n) is 2.27. The van der Waals surface area contributed by atoms with E-state index >= 15 is 0 Å². The third kappa shape index (κ3) is 6.06. The number of guanidine groups is 1. The lowest BCUT2D eigenvalue weighted by Crippen LogP contribution is -2.36. The number of nitrogens with zero attached hydrogens (tertiary/aromatic N) is 3. The molecule has 0 unspecified atom stereocenters. The molecule has 0 saturated heterocycles. The summed E-state index contributed by atoms with van der Waals surface area (Å²) in [6.07, 6.45) is 3.85. The molecular weight excluding hydrogens is 330 g/mol. The Balaban J connectivity index is 1.99. The number of hydrogen-bond donors (Lipinski definition) is 2. The van der Waals surface area contributed by atoms with Gasteiger partial charge in [-0.25, -0.2) is 15.0 Å². The molecule has 2 aromatic rings. The molecule has 0 bridgehead atoms. The van der Waals surface area contributed by atoms with Gasteiger partial charge in [0, 0.05) is 18.3 Å². The topological polar surface area (TPSA) is 84.6 Å². The number of hydrogen-bond acceptors (Lipinski definition) is 5. The Morgan fingerprint density at radius 1 is 1.27 bits per heavy atom. The Bertz CT molecular complexity index is 692. The van der Waals surface area contributed by atoms with Gasteiger partial charge in [-0.05, 0) is 33.3 Å². The number of pyridine rings is 1. The number of oxazole rings is 1. The monoisotopic (exact) mass is 359 g/mol. The van der Waals surface area contributed by atoms with E-state index in [9.17, 15) is 0 Å². The first kappa shape index (κ1) is 19.8. The van der Waals surface area contributed by atoms with Gasteiger partial charge in [-0.15, -0.1) is 0 Å². The van der Waals surface area contributed by atoms with E-state index in [1.54, 1.807) is 6.20 Å². The summed E-state index contributed by atoms with van der Waals surface area (Å²) in [5.41, 5.74) is 1.87. The lowest BCUT2D eigenvalue weighted by Gasteiger charge is -2.11. The van der Waals surface area contributed by atoms with Crippen LogP contribution in [0.25, 0.3) is 0 Å². The summed E-state index contributed by atoms with van der Waals surface area (Å²) in [7, 11) is 0. The van der Waals surface area contributed by atoms with Crippen LogP contribution in [0.2, 0.25) is 0 Å². The fourth-order valence-corrected chi connectivity index (χ4v) is 2.27. The molecular formula is C19H29N5O2. The molecule has 2 heterocycles. The molecule has 2 aromatic heterocycles. The molecule has 0 radical (unpaired) electrons. The second-order valence-electron chi connectivity index (χ2n) is 5.97. The van der Waals surface area contributed by atoms with Gasteiger partial charge in [0.15, 0.2) is 5.96 Å². The van der Waals surface area contributed by atoms with Crippen LogP contribution in [0.1, 0.15) is 49.6 Å². The zero-order valence-corrected chi connectivity index (χ0v) is 16.1. The normalized spacial score (nSPS) is 11.5. The van der Waals surface area contributed by atoms with Gasteiger partial charge in [0.05, 0.1) is 25.4 Å². The zero-order chi connectivity index (χ0) is 18.8. The highest BCUT2D eigenvalue weighted by molar-refractivity contribution is 5.79. The maximum Gasteiger partial charge on any atom is 0.218 e. The first-order valence-corrected chi connectivity index (χ1v) is 9.15. The van der Waals surface area contributed by atoms with Crippen LogP contribution in [0.4, 0.5) is 0 Å². The smallest absolute Gasteiger partial charge is 0.218 e. The quantitative estimate of drug-likeness (QED) is 0.406. The minimum Gasteiger partial charge on any atom is -0.477 e. The Hall–Kier alpha value is -2.57. The number of unbranched alkanes of at least 4 members (excludes halogenated alkanes) is 1. The van der Waals surface area contributed by atoms with Crippen LogP contribution in [-0.2, 0) is 13.1 Å². The maximum atomic E-state index is 5.77. The van der Waals surface area contributed by atoms with E-state index in [0.29, 0.717) is 37.4 Å². The van der Waals surface area contributed by atoms with E-state index in [-0.39, 0.29) is 0 Å². The van der Waals surface area contributed by atoms with Crippen LogP contribution < -0.4 is 15.4 Å². The molecule has 0 aromatic carbocycles. The number of rotatable bonds is 9. The van der Waals surface area contributed by atoms with Crippen molar-refractivity contribution in [2.24, 2.45) is 4.99 Å². The van der Waals surface area contributed by atoms with Crippen molar-refractivity contribution in [2.45, 2.75) is 53.6 Å². The van der Waals surface area contributed by atoms with Crippen LogP contribution in [0, 0.1) is 13.8 Å². The third-order valence-corrected chi connectivity index (χ3v) is 3.82. The summed E-state index contributed by atoms with van der Waals surface area (Å²) in [5.74, 6) is 2.84. The van der Waals surface area contributed by atoms with Crippen molar-refractivity contribution in [1.82, 2.24) is 20.6 Å². The predicted octanol–water partition coefficient (Wildman–Crippen LogP) is 3.12. The second-order valence-corrected chi connectivity index (χ2v) is 5.97. The van der Waals surface area contributed by atoms with Crippen LogP contribution in [0.3, 0.4) is 0 Å². The van der Waals surface area contributed by atoms with Crippen molar-refractivity contribution in [3.8, 4) is 5.88 Å². The van der Waals surface area contributed by atoms with E-state index in [4.69, 9.17) is 9.15 Å². The lowest BCUT2D eigenvalue weighted by molar-refractivity contribution is 0.294. The average Bonchev–Trinajstić information content (AvgIpc) is 2.96. The highest BCUT2D eigenvalue weighted by Gasteiger charge is 2.08. The van der Waals surface area contributed by atoms with Crippen molar-refractivity contribution in [3.63, 3.8) is 0 Å². The first-order chi connectivity index (χ1) is 12.6. The van der Waals surface area contributed by atoms with Crippen LogP contribution >= 0.6 is 0 Å². The van der Waals surface area contributed by atoms with Gasteiger partial charge < -0.3 is 19.8 Å². The Morgan fingerprint density at radius 3 is 2.81 bits per heavy atom. The van der Waals surface area contributed by atoms with E-state index in [1.165, 1.54) is 0 Å². The Kier molecular flexibility index (Phi) is 7.92. The van der Waals surface area contributed by atoms with Crippen molar-refractivity contribution in [2.75, 3.05) is 13.2 Å². The van der Waals surface area contributed by atoms with E-state index in [2.05, 4.69) is 32.5 Å². The van der Waals surface area contributed by atoms with Gasteiger partial charge in [0.2, 0.25) is 11.8 Å². The maximum absolute atomic E-state index is 5.77. The molecule has 0 spiro atoms. The Labute approximate surface area is 155 Å². The summed E-state index contributed by atoms with van der Waals surface area (Å²) in [4.78, 5) is 13.3. The predicted molar refractivity (Wildman–Crippen MR) is 102 cm³/mol. The second kappa shape index (κ2) is 10.4. The van der Waals surface area contributed by atoms with Crippen molar-refractivity contribution in [3.05, 3.63) is 41.2 Å². The average molecular weight is 359 g/mol. The van der Waals surface area contributed by atoms with Crippen molar-refractivity contribution < 1.29 is 9.15 Å². The molecule has 0 aliphatic carbocycles. The van der Waals surface area contributed by atoms with Crippen molar-refractivity contribution >= 4 is 5.96 Å². The molecule has 0 aliphatic heterocycles. The van der Waals surface area contributed by atoms with Gasteiger partial charge in [-0.3, -0.25) is 0 Å². The minimum absolute atomic E-state index is 0.480. The number of ether oxygens (including phenoxy) is 1. The summed E-state index contributed by atoms with van der Waals surface area (Å²) >= 11 is 0. The molecule has 142 valence electrons. The SMILES string of the molecule is CCCCOc1ncccc1CN=C(NCC)NCc1nc(C)c(C)o1. The van der Waals surface area contributed by atoms with Crippen molar-refractivity contribution in [1.29, 1.82) is 0 Å². The standard InChI is InChI=1S/C19H29N5O2/c1-5-7-11-25-18-16(9-8-10-21-18)12-22-19(20-6-2)23-13-17-24-14(3)15(4)26-17/h8-10H,5-7,11-13H2,1-4H3,(H2,20,22,23).